The zero-order valence-corrected chi connectivity index (χ0v) is 15.0. The van der Waals surface area contributed by atoms with Crippen molar-refractivity contribution in [2.24, 2.45) is 0 Å². The molecule has 1 heterocycles. The molecule has 0 aliphatic rings. The molecule has 1 unspecified atom stereocenters. The molecule has 0 fully saturated rings. The first kappa shape index (κ1) is 18.0. The number of carbonyl (C=O) groups is 2. The molecule has 0 spiro atoms. The molecule has 132 valence electrons. The number of ketones is 1. The molecule has 0 aliphatic carbocycles. The summed E-state index contributed by atoms with van der Waals surface area (Å²) >= 11 is 5.41. The van der Waals surface area contributed by atoms with Gasteiger partial charge >= 0.3 is 0 Å². The number of benzene rings is 2. The number of halogens is 1. The highest BCUT2D eigenvalue weighted by Crippen LogP contribution is 2.26. The number of Topliss-reactive ketones (excluding diaryl/α,β-unsaturated/α-hetero) is 1. The van der Waals surface area contributed by atoms with E-state index in [1.54, 1.807) is 0 Å². The molecule has 3 aromatic rings. The van der Waals surface area contributed by atoms with Crippen molar-refractivity contribution in [2.45, 2.75) is 19.4 Å². The van der Waals surface area contributed by atoms with Crippen LogP contribution in [-0.2, 0) is 11.2 Å². The van der Waals surface area contributed by atoms with Gasteiger partial charge in [0.05, 0.1) is 5.69 Å². The Morgan fingerprint density at radius 3 is 2.27 bits per heavy atom. The van der Waals surface area contributed by atoms with Crippen molar-refractivity contribution in [3.05, 3.63) is 78.1 Å². The molecule has 0 saturated heterocycles. The minimum atomic E-state index is -1.01. The maximum absolute atomic E-state index is 12.2. The topological polar surface area (TPSA) is 59.2 Å². The van der Waals surface area contributed by atoms with E-state index in [2.05, 4.69) is 4.98 Å². The van der Waals surface area contributed by atoms with Crippen molar-refractivity contribution in [2.75, 3.05) is 0 Å². The number of hydrogen-bond acceptors (Lipinski definition) is 3. The van der Waals surface area contributed by atoms with E-state index < -0.39 is 11.0 Å². The van der Waals surface area contributed by atoms with Gasteiger partial charge in [-0.25, -0.2) is 0 Å². The fourth-order valence-corrected chi connectivity index (χ4v) is 2.92. The van der Waals surface area contributed by atoms with Gasteiger partial charge in [0.2, 0.25) is 0 Å². The number of aromatic nitrogens is 1. The minimum absolute atomic E-state index is 0.116. The lowest BCUT2D eigenvalue weighted by Crippen LogP contribution is -2.15. The predicted molar refractivity (Wildman–Crippen MR) is 102 cm³/mol. The van der Waals surface area contributed by atoms with Crippen LogP contribution in [0.15, 0.2) is 66.7 Å². The van der Waals surface area contributed by atoms with Crippen LogP contribution in [0.4, 0.5) is 0 Å². The van der Waals surface area contributed by atoms with Crippen molar-refractivity contribution in [3.8, 4) is 16.9 Å². The Labute approximate surface area is 156 Å². The quantitative estimate of drug-likeness (QED) is 0.376. The first-order valence-corrected chi connectivity index (χ1v) is 8.65. The van der Waals surface area contributed by atoms with Crippen LogP contribution in [0.3, 0.4) is 0 Å². The number of para-hydroxylation sites is 1. The molecule has 1 atom stereocenters. The molecule has 5 heteroatoms. The summed E-state index contributed by atoms with van der Waals surface area (Å²) in [5, 5.41) is -1.01. The fraction of sp³-hybridized carbons (Fsp3) is 0.143. The standard InChI is InChI=1S/C21H18ClNO3/c1-14(26-17-10-6-3-7-11-17)12-16-13-18(15-8-4-2-5-9-15)19(23-16)20(24)21(22)25/h2-11,13-14,23H,12H2,1H3. The van der Waals surface area contributed by atoms with E-state index in [0.717, 1.165) is 17.0 Å². The number of nitrogens with one attached hydrogen (secondary N) is 1. The molecule has 1 N–H and O–H groups in total. The Bertz CT molecular complexity index is 904. The fourth-order valence-electron chi connectivity index (χ4n) is 2.83. The largest absolute Gasteiger partial charge is 0.490 e. The maximum Gasteiger partial charge on any atom is 0.294 e. The number of rotatable bonds is 7. The normalized spacial score (nSPS) is 11.8. The summed E-state index contributed by atoms with van der Waals surface area (Å²) in [6, 6.07) is 20.8. The van der Waals surface area contributed by atoms with Crippen LogP contribution in [0.1, 0.15) is 23.1 Å². The molecule has 0 radical (unpaired) electrons. The molecule has 4 nitrogen and oxygen atoms in total. The zero-order chi connectivity index (χ0) is 18.5. The summed E-state index contributed by atoms with van der Waals surface area (Å²) < 4.78 is 5.88. The lowest BCUT2D eigenvalue weighted by Gasteiger charge is -2.13. The maximum atomic E-state index is 12.2. The minimum Gasteiger partial charge on any atom is -0.490 e. The van der Waals surface area contributed by atoms with Crippen LogP contribution in [0.2, 0.25) is 0 Å². The first-order valence-electron chi connectivity index (χ1n) is 8.27. The smallest absolute Gasteiger partial charge is 0.294 e. The van der Waals surface area contributed by atoms with E-state index in [0.29, 0.717) is 12.0 Å². The van der Waals surface area contributed by atoms with E-state index in [9.17, 15) is 9.59 Å². The van der Waals surface area contributed by atoms with E-state index in [4.69, 9.17) is 16.3 Å². The molecule has 0 bridgehead atoms. The molecule has 2 aromatic carbocycles. The highest BCUT2D eigenvalue weighted by molar-refractivity contribution is 6.83. The second-order valence-electron chi connectivity index (χ2n) is 6.00. The Morgan fingerprint density at radius 2 is 1.65 bits per heavy atom. The highest BCUT2D eigenvalue weighted by atomic mass is 35.5. The van der Waals surface area contributed by atoms with Gasteiger partial charge in [-0.3, -0.25) is 9.59 Å². The van der Waals surface area contributed by atoms with E-state index in [-0.39, 0.29) is 11.8 Å². The van der Waals surface area contributed by atoms with E-state index >= 15 is 0 Å². The lowest BCUT2D eigenvalue weighted by molar-refractivity contribution is -0.108. The van der Waals surface area contributed by atoms with E-state index in [1.165, 1.54) is 0 Å². The summed E-state index contributed by atoms with van der Waals surface area (Å²) in [4.78, 5) is 26.6. The van der Waals surface area contributed by atoms with E-state index in [1.807, 2.05) is 73.7 Å². The number of carbonyl (C=O) groups excluding carboxylic acids is 2. The van der Waals surface area contributed by atoms with Crippen LogP contribution in [0.25, 0.3) is 11.1 Å². The van der Waals surface area contributed by atoms with Crippen LogP contribution in [-0.4, -0.2) is 22.1 Å². The summed E-state index contributed by atoms with van der Waals surface area (Å²) in [5.41, 5.74) is 2.51. The summed E-state index contributed by atoms with van der Waals surface area (Å²) in [6.45, 7) is 1.95. The zero-order valence-electron chi connectivity index (χ0n) is 14.2. The SMILES string of the molecule is CC(Cc1cc(-c2ccccc2)c(C(=O)C(=O)Cl)[nH]1)Oc1ccccc1. The third-order valence-corrected chi connectivity index (χ3v) is 4.12. The number of ether oxygens (including phenoxy) is 1. The second-order valence-corrected chi connectivity index (χ2v) is 6.34. The van der Waals surface area contributed by atoms with Crippen molar-refractivity contribution in [1.29, 1.82) is 0 Å². The Kier molecular flexibility index (Phi) is 5.54. The molecule has 26 heavy (non-hydrogen) atoms. The van der Waals surface area contributed by atoms with Crippen LogP contribution in [0.5, 0.6) is 5.75 Å². The Balaban J connectivity index is 1.86. The van der Waals surface area contributed by atoms with Crippen molar-refractivity contribution in [1.82, 2.24) is 4.98 Å². The van der Waals surface area contributed by atoms with Gasteiger partial charge in [-0.15, -0.1) is 0 Å². The average molecular weight is 368 g/mol. The average Bonchev–Trinajstić information content (AvgIpc) is 3.06. The van der Waals surface area contributed by atoms with Gasteiger partial charge in [0.25, 0.3) is 11.0 Å². The monoisotopic (exact) mass is 367 g/mol. The van der Waals surface area contributed by atoms with Gasteiger partial charge in [0.15, 0.2) is 0 Å². The summed E-state index contributed by atoms with van der Waals surface area (Å²) in [7, 11) is 0. The van der Waals surface area contributed by atoms with Crippen LogP contribution < -0.4 is 4.74 Å². The summed E-state index contributed by atoms with van der Waals surface area (Å²) in [5.74, 6) is 0.0375. The van der Waals surface area contributed by atoms with Crippen molar-refractivity contribution < 1.29 is 14.3 Å². The van der Waals surface area contributed by atoms with Crippen molar-refractivity contribution in [3.63, 3.8) is 0 Å². The van der Waals surface area contributed by atoms with Crippen molar-refractivity contribution >= 4 is 22.6 Å². The van der Waals surface area contributed by atoms with Gasteiger partial charge in [-0.2, -0.15) is 0 Å². The van der Waals surface area contributed by atoms with Gasteiger partial charge in [0.1, 0.15) is 11.9 Å². The number of H-pyrrole nitrogens is 1. The van der Waals surface area contributed by atoms with Gasteiger partial charge in [-0.1, -0.05) is 48.5 Å². The number of hydrogen-bond donors (Lipinski definition) is 1. The molecule has 1 aromatic heterocycles. The van der Waals surface area contributed by atoms with Crippen LogP contribution in [0, 0.1) is 0 Å². The molecular weight excluding hydrogens is 350 g/mol. The predicted octanol–water partition coefficient (Wildman–Crippen LogP) is 4.64. The molecule has 3 rings (SSSR count). The molecular formula is C21H18ClNO3. The number of aromatic amines is 1. The second kappa shape index (κ2) is 8.02. The third kappa shape index (κ3) is 4.21. The molecule has 0 amide bonds. The Morgan fingerprint density at radius 1 is 1.04 bits per heavy atom. The molecule has 0 saturated carbocycles. The first-order chi connectivity index (χ1) is 12.5. The van der Waals surface area contributed by atoms with Gasteiger partial charge in [0, 0.05) is 17.7 Å². The molecule has 0 aliphatic heterocycles. The van der Waals surface area contributed by atoms with Gasteiger partial charge < -0.3 is 9.72 Å². The Hall–Kier alpha value is -2.85. The van der Waals surface area contributed by atoms with Gasteiger partial charge in [-0.05, 0) is 42.3 Å². The summed E-state index contributed by atoms with van der Waals surface area (Å²) in [6.07, 6.45) is 0.438. The van der Waals surface area contributed by atoms with Crippen LogP contribution >= 0.6 is 11.6 Å². The highest BCUT2D eigenvalue weighted by Gasteiger charge is 2.22. The third-order valence-electron chi connectivity index (χ3n) is 3.95. The lowest BCUT2D eigenvalue weighted by atomic mass is 10.0.